The summed E-state index contributed by atoms with van der Waals surface area (Å²) in [4.78, 5) is 19.7. The molecule has 0 rings (SSSR count). The number of rotatable bonds is 5. The molecule has 0 heterocycles. The molecule has 64 valence electrons. The Balaban J connectivity index is 3.03. The Morgan fingerprint density at radius 3 is 2.27 bits per heavy atom. The summed E-state index contributed by atoms with van der Waals surface area (Å²) in [6.45, 7) is 0.0720. The van der Waals surface area contributed by atoms with Crippen LogP contribution < -0.4 is 0 Å². The van der Waals surface area contributed by atoms with Gasteiger partial charge in [0.1, 0.15) is 0 Å². The van der Waals surface area contributed by atoms with Gasteiger partial charge in [-0.2, -0.15) is 0 Å². The van der Waals surface area contributed by atoms with Crippen molar-refractivity contribution in [2.45, 2.75) is 19.3 Å². The maximum Gasteiger partial charge on any atom is 0.505 e. The molecule has 0 unspecified atom stereocenters. The number of aliphatic carboxylic acids is 1. The van der Waals surface area contributed by atoms with E-state index in [4.69, 9.17) is 10.2 Å². The second-order valence-corrected chi connectivity index (χ2v) is 1.97. The van der Waals surface area contributed by atoms with Crippen LogP contribution >= 0.6 is 0 Å². The zero-order valence-electron chi connectivity index (χ0n) is 5.95. The van der Waals surface area contributed by atoms with Crippen LogP contribution in [0.5, 0.6) is 0 Å². The first-order valence-corrected chi connectivity index (χ1v) is 3.20. The zero-order chi connectivity index (χ0) is 8.69. The van der Waals surface area contributed by atoms with E-state index in [9.17, 15) is 9.59 Å². The van der Waals surface area contributed by atoms with Crippen molar-refractivity contribution in [3.8, 4) is 0 Å². The number of ether oxygens (including phenoxy) is 1. The summed E-state index contributed by atoms with van der Waals surface area (Å²) in [5, 5.41) is 16.1. The molecule has 0 atom stereocenters. The Morgan fingerprint density at radius 2 is 1.82 bits per heavy atom. The Morgan fingerprint density at radius 1 is 1.18 bits per heavy atom. The van der Waals surface area contributed by atoms with Gasteiger partial charge in [-0.3, -0.25) is 4.79 Å². The lowest BCUT2D eigenvalue weighted by molar-refractivity contribution is -0.137. The van der Waals surface area contributed by atoms with Crippen LogP contribution in [0.4, 0.5) is 4.79 Å². The Hall–Kier alpha value is -1.26. The highest BCUT2D eigenvalue weighted by molar-refractivity contribution is 5.66. The molecule has 0 aromatic heterocycles. The minimum absolute atomic E-state index is 0.0585. The van der Waals surface area contributed by atoms with Gasteiger partial charge in [-0.1, -0.05) is 0 Å². The third-order valence-electron chi connectivity index (χ3n) is 1.01. The molecule has 0 aromatic carbocycles. The third-order valence-corrected chi connectivity index (χ3v) is 1.01. The second kappa shape index (κ2) is 5.52. The SMILES string of the molecule is O=C(O)CCCCOC(=O)O. The van der Waals surface area contributed by atoms with E-state index >= 15 is 0 Å². The van der Waals surface area contributed by atoms with Gasteiger partial charge in [0.05, 0.1) is 6.61 Å². The quantitative estimate of drug-likeness (QED) is 0.464. The molecule has 5 heteroatoms. The molecule has 0 fully saturated rings. The predicted octanol–water partition coefficient (Wildman–Crippen LogP) is 0.936. The molecule has 0 aromatic rings. The summed E-state index contributed by atoms with van der Waals surface area (Å²) in [7, 11) is 0. The first-order chi connectivity index (χ1) is 5.13. The maximum atomic E-state index is 9.94. The molecule has 11 heavy (non-hydrogen) atoms. The fourth-order valence-electron chi connectivity index (χ4n) is 0.538. The van der Waals surface area contributed by atoms with Gasteiger partial charge in [-0.05, 0) is 12.8 Å². The van der Waals surface area contributed by atoms with E-state index in [0.29, 0.717) is 12.8 Å². The molecule has 0 aliphatic carbocycles. The van der Waals surface area contributed by atoms with Crippen LogP contribution in [0.15, 0.2) is 0 Å². The van der Waals surface area contributed by atoms with Gasteiger partial charge in [-0.15, -0.1) is 0 Å². The minimum atomic E-state index is -1.32. The summed E-state index contributed by atoms with van der Waals surface area (Å²) in [6.07, 6.45) is -0.357. The molecule has 0 aliphatic heterocycles. The fourth-order valence-corrected chi connectivity index (χ4v) is 0.538. The first kappa shape index (κ1) is 9.74. The van der Waals surface area contributed by atoms with Gasteiger partial charge in [0.25, 0.3) is 0 Å². The van der Waals surface area contributed by atoms with Crippen molar-refractivity contribution in [3.05, 3.63) is 0 Å². The van der Waals surface area contributed by atoms with Crippen molar-refractivity contribution < 1.29 is 24.5 Å². The Labute approximate surface area is 63.6 Å². The average Bonchev–Trinajstić information content (AvgIpc) is 1.85. The molecule has 0 radical (unpaired) electrons. The van der Waals surface area contributed by atoms with Crippen LogP contribution in [0.25, 0.3) is 0 Å². The molecule has 5 nitrogen and oxygen atoms in total. The van der Waals surface area contributed by atoms with Gasteiger partial charge in [0.15, 0.2) is 0 Å². The normalized spacial score (nSPS) is 9.09. The first-order valence-electron chi connectivity index (χ1n) is 3.20. The number of carboxylic acids is 1. The highest BCUT2D eigenvalue weighted by Gasteiger charge is 1.98. The molecule has 0 aliphatic rings. The Bertz CT molecular complexity index is 126. The van der Waals surface area contributed by atoms with E-state index in [1.165, 1.54) is 0 Å². The van der Waals surface area contributed by atoms with Gasteiger partial charge in [-0.25, -0.2) is 4.79 Å². The maximum absolute atomic E-state index is 9.94. The highest BCUT2D eigenvalue weighted by atomic mass is 16.7. The van der Waals surface area contributed by atoms with E-state index in [-0.39, 0.29) is 13.0 Å². The van der Waals surface area contributed by atoms with Gasteiger partial charge in [0, 0.05) is 6.42 Å². The number of unbranched alkanes of at least 4 members (excludes halogenated alkanes) is 1. The van der Waals surface area contributed by atoms with Crippen molar-refractivity contribution in [1.82, 2.24) is 0 Å². The van der Waals surface area contributed by atoms with E-state index in [2.05, 4.69) is 4.74 Å². The van der Waals surface area contributed by atoms with E-state index < -0.39 is 12.1 Å². The lowest BCUT2D eigenvalue weighted by atomic mass is 10.2. The number of hydrogen-bond acceptors (Lipinski definition) is 3. The van der Waals surface area contributed by atoms with Crippen LogP contribution in [0.1, 0.15) is 19.3 Å². The van der Waals surface area contributed by atoms with Crippen LogP contribution in [-0.4, -0.2) is 28.9 Å². The van der Waals surface area contributed by atoms with Crippen molar-refractivity contribution in [1.29, 1.82) is 0 Å². The third kappa shape index (κ3) is 8.74. The van der Waals surface area contributed by atoms with Gasteiger partial charge in [0.2, 0.25) is 0 Å². The molecular weight excluding hydrogens is 152 g/mol. The van der Waals surface area contributed by atoms with Crippen molar-refractivity contribution in [2.24, 2.45) is 0 Å². The monoisotopic (exact) mass is 162 g/mol. The summed E-state index contributed by atoms with van der Waals surface area (Å²) < 4.78 is 4.15. The van der Waals surface area contributed by atoms with Crippen molar-refractivity contribution >= 4 is 12.1 Å². The number of hydrogen-bond donors (Lipinski definition) is 2. The standard InChI is InChI=1S/C6H10O5/c7-5(8)3-1-2-4-11-6(9)10/h1-4H2,(H,7,8)(H,9,10). The van der Waals surface area contributed by atoms with E-state index in [1.54, 1.807) is 0 Å². The summed E-state index contributed by atoms with van der Waals surface area (Å²) in [5.41, 5.74) is 0. The molecule has 2 N–H and O–H groups in total. The molecule has 0 amide bonds. The van der Waals surface area contributed by atoms with Gasteiger partial charge < -0.3 is 14.9 Å². The van der Waals surface area contributed by atoms with Crippen molar-refractivity contribution in [3.63, 3.8) is 0 Å². The van der Waals surface area contributed by atoms with Crippen LogP contribution in [0, 0.1) is 0 Å². The predicted molar refractivity (Wildman–Crippen MR) is 35.5 cm³/mol. The fraction of sp³-hybridized carbons (Fsp3) is 0.667. The van der Waals surface area contributed by atoms with E-state index in [0.717, 1.165) is 0 Å². The molecule has 0 bridgehead atoms. The molecule has 0 saturated heterocycles. The number of carboxylic acid groups (broad SMARTS) is 2. The lowest BCUT2D eigenvalue weighted by Crippen LogP contribution is -2.02. The van der Waals surface area contributed by atoms with Crippen LogP contribution in [-0.2, 0) is 9.53 Å². The summed E-state index contributed by atoms with van der Waals surface area (Å²) in [5.74, 6) is -0.875. The smallest absolute Gasteiger partial charge is 0.481 e. The van der Waals surface area contributed by atoms with E-state index in [1.807, 2.05) is 0 Å². The van der Waals surface area contributed by atoms with Crippen LogP contribution in [0.2, 0.25) is 0 Å². The average molecular weight is 162 g/mol. The molecule has 0 spiro atoms. The summed E-state index contributed by atoms with van der Waals surface area (Å²) in [6, 6.07) is 0. The highest BCUT2D eigenvalue weighted by Crippen LogP contribution is 1.95. The molecular formula is C6H10O5. The lowest BCUT2D eigenvalue weighted by Gasteiger charge is -1.97. The summed E-state index contributed by atoms with van der Waals surface area (Å²) >= 11 is 0. The largest absolute Gasteiger partial charge is 0.505 e. The topological polar surface area (TPSA) is 83.8 Å². The minimum Gasteiger partial charge on any atom is -0.481 e. The van der Waals surface area contributed by atoms with Crippen LogP contribution in [0.3, 0.4) is 0 Å². The zero-order valence-corrected chi connectivity index (χ0v) is 5.95. The van der Waals surface area contributed by atoms with Gasteiger partial charge >= 0.3 is 12.1 Å². The Kier molecular flexibility index (Phi) is 4.89. The number of carbonyl (C=O) groups is 2. The second-order valence-electron chi connectivity index (χ2n) is 1.97. The van der Waals surface area contributed by atoms with Crippen molar-refractivity contribution in [2.75, 3.05) is 6.61 Å². The molecule has 0 saturated carbocycles.